The molecule has 0 bridgehead atoms. The highest BCUT2D eigenvalue weighted by Gasteiger charge is 2.38. The molecule has 1 amide bonds. The van der Waals surface area contributed by atoms with Gasteiger partial charge in [0.15, 0.2) is 0 Å². The van der Waals surface area contributed by atoms with Crippen LogP contribution in [0.2, 0.25) is 0 Å². The Morgan fingerprint density at radius 2 is 2.00 bits per heavy atom. The Balaban J connectivity index is 1.68. The van der Waals surface area contributed by atoms with E-state index in [1.807, 2.05) is 30.3 Å². The number of nitrogens with zero attached hydrogens (tertiary/aromatic N) is 1. The Morgan fingerprint density at radius 1 is 1.23 bits per heavy atom. The Hall–Kier alpha value is -3.15. The van der Waals surface area contributed by atoms with Crippen molar-refractivity contribution < 1.29 is 9.72 Å². The molecule has 2 N–H and O–H groups in total. The third-order valence-corrected chi connectivity index (χ3v) is 5.15. The van der Waals surface area contributed by atoms with Gasteiger partial charge in [0.1, 0.15) is 0 Å². The summed E-state index contributed by atoms with van der Waals surface area (Å²) >= 11 is 0. The molecule has 0 unspecified atom stereocenters. The van der Waals surface area contributed by atoms with Crippen molar-refractivity contribution in [2.75, 3.05) is 10.6 Å². The molecule has 0 aromatic heterocycles. The summed E-state index contributed by atoms with van der Waals surface area (Å²) in [5.74, 6) is 0.521. The molecule has 132 valence electrons. The lowest BCUT2D eigenvalue weighted by Crippen LogP contribution is -2.29. The van der Waals surface area contributed by atoms with Gasteiger partial charge in [0.25, 0.3) is 5.69 Å². The van der Waals surface area contributed by atoms with E-state index in [4.69, 9.17) is 0 Å². The molecule has 1 aliphatic carbocycles. The molecule has 6 nitrogen and oxygen atoms in total. The van der Waals surface area contributed by atoms with Crippen LogP contribution in [0, 0.1) is 16.0 Å². The summed E-state index contributed by atoms with van der Waals surface area (Å²) < 4.78 is 0. The van der Waals surface area contributed by atoms with E-state index in [-0.39, 0.29) is 28.5 Å². The number of hydrogen-bond donors (Lipinski definition) is 2. The van der Waals surface area contributed by atoms with Crippen molar-refractivity contribution in [3.05, 3.63) is 75.9 Å². The highest BCUT2D eigenvalue weighted by molar-refractivity contribution is 5.89. The standard InChI is InChI=1S/C20H19N3O3/c1-12(24)21-14-7-10-19-18(11-14)16-3-2-4-17(16)20(22-19)13-5-8-15(9-6-13)23(25)26/h2-3,5-11,16-17,20,22H,4H2,1H3,(H,21,24)/t16-,17+,20+/m1/s1. The summed E-state index contributed by atoms with van der Waals surface area (Å²) in [7, 11) is 0. The fraction of sp³-hybridized carbons (Fsp3) is 0.250. The lowest BCUT2D eigenvalue weighted by molar-refractivity contribution is -0.384. The van der Waals surface area contributed by atoms with Gasteiger partial charge in [0, 0.05) is 36.3 Å². The molecule has 0 saturated heterocycles. The zero-order valence-electron chi connectivity index (χ0n) is 14.3. The fourth-order valence-corrected chi connectivity index (χ4v) is 4.01. The van der Waals surface area contributed by atoms with Crippen LogP contribution in [0.5, 0.6) is 0 Å². The lowest BCUT2D eigenvalue weighted by Gasteiger charge is -2.37. The zero-order valence-corrected chi connectivity index (χ0v) is 14.3. The molecule has 2 aliphatic rings. The number of benzene rings is 2. The number of non-ortho nitro benzene ring substituents is 1. The first-order valence-corrected chi connectivity index (χ1v) is 8.62. The van der Waals surface area contributed by atoms with Crippen molar-refractivity contribution in [1.82, 2.24) is 0 Å². The number of nitro benzene ring substituents is 1. The van der Waals surface area contributed by atoms with Crippen LogP contribution in [0.15, 0.2) is 54.6 Å². The summed E-state index contributed by atoms with van der Waals surface area (Å²) in [4.78, 5) is 21.8. The second-order valence-corrected chi connectivity index (χ2v) is 6.81. The van der Waals surface area contributed by atoms with Crippen molar-refractivity contribution in [2.45, 2.75) is 25.3 Å². The van der Waals surface area contributed by atoms with Crippen LogP contribution in [0.4, 0.5) is 17.1 Å². The fourth-order valence-electron chi connectivity index (χ4n) is 4.01. The van der Waals surface area contributed by atoms with Gasteiger partial charge < -0.3 is 10.6 Å². The van der Waals surface area contributed by atoms with E-state index < -0.39 is 0 Å². The molecule has 0 saturated carbocycles. The molecule has 6 heteroatoms. The van der Waals surface area contributed by atoms with E-state index in [1.54, 1.807) is 12.1 Å². The van der Waals surface area contributed by atoms with Crippen LogP contribution >= 0.6 is 0 Å². The topological polar surface area (TPSA) is 84.3 Å². The predicted octanol–water partition coefficient (Wildman–Crippen LogP) is 4.38. The third-order valence-electron chi connectivity index (χ3n) is 5.15. The number of rotatable bonds is 3. The Labute approximate surface area is 151 Å². The molecule has 0 spiro atoms. The van der Waals surface area contributed by atoms with Crippen molar-refractivity contribution >= 4 is 23.0 Å². The molecule has 3 atom stereocenters. The van der Waals surface area contributed by atoms with Crippen LogP contribution in [0.3, 0.4) is 0 Å². The average molecular weight is 349 g/mol. The van der Waals surface area contributed by atoms with Gasteiger partial charge >= 0.3 is 0 Å². The van der Waals surface area contributed by atoms with E-state index >= 15 is 0 Å². The number of fused-ring (bicyclic) bond motifs is 3. The van der Waals surface area contributed by atoms with Gasteiger partial charge in [0.2, 0.25) is 5.91 Å². The van der Waals surface area contributed by atoms with Crippen molar-refractivity contribution in [3.63, 3.8) is 0 Å². The average Bonchev–Trinajstić information content (AvgIpc) is 3.11. The molecule has 1 aliphatic heterocycles. The number of nitro groups is 1. The van der Waals surface area contributed by atoms with E-state index in [0.29, 0.717) is 5.92 Å². The van der Waals surface area contributed by atoms with E-state index in [2.05, 4.69) is 22.8 Å². The van der Waals surface area contributed by atoms with Gasteiger partial charge in [-0.05, 0) is 41.7 Å². The molecule has 1 heterocycles. The van der Waals surface area contributed by atoms with Crippen LogP contribution in [-0.4, -0.2) is 10.8 Å². The maximum absolute atomic E-state index is 11.3. The number of amides is 1. The first-order valence-electron chi connectivity index (χ1n) is 8.62. The minimum Gasteiger partial charge on any atom is -0.378 e. The lowest BCUT2D eigenvalue weighted by atomic mass is 9.77. The molecule has 26 heavy (non-hydrogen) atoms. The van der Waals surface area contributed by atoms with Gasteiger partial charge in [-0.15, -0.1) is 0 Å². The molecule has 4 rings (SSSR count). The monoisotopic (exact) mass is 349 g/mol. The maximum atomic E-state index is 11.3. The largest absolute Gasteiger partial charge is 0.378 e. The smallest absolute Gasteiger partial charge is 0.269 e. The predicted molar refractivity (Wildman–Crippen MR) is 100 cm³/mol. The highest BCUT2D eigenvalue weighted by Crippen LogP contribution is 2.50. The van der Waals surface area contributed by atoms with Crippen LogP contribution in [0.1, 0.15) is 36.4 Å². The first-order chi connectivity index (χ1) is 12.5. The first kappa shape index (κ1) is 16.3. The van der Waals surface area contributed by atoms with Gasteiger partial charge in [0.05, 0.1) is 11.0 Å². The van der Waals surface area contributed by atoms with E-state index in [0.717, 1.165) is 23.4 Å². The second-order valence-electron chi connectivity index (χ2n) is 6.81. The van der Waals surface area contributed by atoms with Gasteiger partial charge in [-0.3, -0.25) is 14.9 Å². The summed E-state index contributed by atoms with van der Waals surface area (Å²) in [6.45, 7) is 1.50. The molecular weight excluding hydrogens is 330 g/mol. The van der Waals surface area contributed by atoms with Crippen molar-refractivity contribution in [3.8, 4) is 0 Å². The van der Waals surface area contributed by atoms with Crippen LogP contribution < -0.4 is 10.6 Å². The summed E-state index contributed by atoms with van der Waals surface area (Å²) in [5.41, 5.74) is 4.16. The van der Waals surface area contributed by atoms with E-state index in [1.165, 1.54) is 12.5 Å². The third kappa shape index (κ3) is 2.83. The SMILES string of the molecule is CC(=O)Nc1ccc2c(c1)[C@@H]1C=CC[C@@H]1[C@H](c1ccc([N+](=O)[O-])cc1)N2. The molecular formula is C20H19N3O3. The summed E-state index contributed by atoms with van der Waals surface area (Å²) in [6, 6.07) is 12.8. The number of hydrogen-bond acceptors (Lipinski definition) is 4. The minimum atomic E-state index is -0.378. The zero-order chi connectivity index (χ0) is 18.3. The molecule has 2 aromatic rings. The quantitative estimate of drug-likeness (QED) is 0.489. The van der Waals surface area contributed by atoms with Gasteiger partial charge in [-0.2, -0.15) is 0 Å². The summed E-state index contributed by atoms with van der Waals surface area (Å²) in [5, 5.41) is 17.3. The Morgan fingerprint density at radius 3 is 2.69 bits per heavy atom. The maximum Gasteiger partial charge on any atom is 0.269 e. The Kier molecular flexibility index (Phi) is 3.95. The van der Waals surface area contributed by atoms with Crippen LogP contribution in [-0.2, 0) is 4.79 Å². The minimum absolute atomic E-state index is 0.0870. The number of nitrogens with one attached hydrogen (secondary N) is 2. The number of carbonyl (C=O) groups is 1. The molecule has 0 radical (unpaired) electrons. The molecule has 2 aromatic carbocycles. The highest BCUT2D eigenvalue weighted by atomic mass is 16.6. The van der Waals surface area contributed by atoms with Crippen molar-refractivity contribution in [1.29, 1.82) is 0 Å². The van der Waals surface area contributed by atoms with Gasteiger partial charge in [-0.1, -0.05) is 24.3 Å². The van der Waals surface area contributed by atoms with Gasteiger partial charge in [-0.25, -0.2) is 0 Å². The van der Waals surface area contributed by atoms with Crippen LogP contribution in [0.25, 0.3) is 0 Å². The molecule has 0 fully saturated rings. The second kappa shape index (κ2) is 6.29. The summed E-state index contributed by atoms with van der Waals surface area (Å²) in [6.07, 6.45) is 5.36. The van der Waals surface area contributed by atoms with Crippen molar-refractivity contribution in [2.24, 2.45) is 5.92 Å². The number of allylic oxidation sites excluding steroid dienone is 2. The normalized spacial score (nSPS) is 22.9. The van der Waals surface area contributed by atoms with E-state index in [9.17, 15) is 14.9 Å². The number of anilines is 2. The number of carbonyl (C=O) groups excluding carboxylic acids is 1. The Bertz CT molecular complexity index is 905.